The Bertz CT molecular complexity index is 649. The van der Waals surface area contributed by atoms with Gasteiger partial charge >= 0.3 is 5.69 Å². The van der Waals surface area contributed by atoms with Gasteiger partial charge in [-0.15, -0.1) is 0 Å². The Labute approximate surface area is 89.7 Å². The summed E-state index contributed by atoms with van der Waals surface area (Å²) in [5, 5.41) is 0. The monoisotopic (exact) mass is 224 g/mol. The molecule has 8 heteroatoms. The number of anilines is 1. The van der Waals surface area contributed by atoms with Crippen molar-refractivity contribution in [1.29, 1.82) is 0 Å². The molecule has 0 atom stereocenters. The average molecular weight is 224 g/mol. The minimum atomic E-state index is -0.471. The maximum atomic E-state index is 11.6. The van der Waals surface area contributed by atoms with E-state index in [0.717, 1.165) is 0 Å². The van der Waals surface area contributed by atoms with Gasteiger partial charge in [0.15, 0.2) is 11.2 Å². The number of aromatic nitrogens is 4. The van der Waals surface area contributed by atoms with Crippen LogP contribution in [0.15, 0.2) is 9.59 Å². The molecule has 0 aliphatic rings. The van der Waals surface area contributed by atoms with Gasteiger partial charge in [-0.25, -0.2) is 10.6 Å². The van der Waals surface area contributed by atoms with Crippen LogP contribution in [0.3, 0.4) is 0 Å². The summed E-state index contributed by atoms with van der Waals surface area (Å²) in [7, 11) is 1.64. The molecule has 86 valence electrons. The lowest BCUT2D eigenvalue weighted by Gasteiger charge is -2.01. The first-order valence-corrected chi connectivity index (χ1v) is 4.76. The van der Waals surface area contributed by atoms with Crippen LogP contribution in [0.5, 0.6) is 0 Å². The molecule has 0 radical (unpaired) electrons. The predicted molar refractivity (Wildman–Crippen MR) is 59.1 cm³/mol. The van der Waals surface area contributed by atoms with E-state index in [9.17, 15) is 9.59 Å². The Hall–Kier alpha value is -2.09. The summed E-state index contributed by atoms with van der Waals surface area (Å²) in [5.41, 5.74) is 2.06. The van der Waals surface area contributed by atoms with Crippen LogP contribution < -0.4 is 22.5 Å². The maximum Gasteiger partial charge on any atom is 0.330 e. The van der Waals surface area contributed by atoms with Crippen molar-refractivity contribution in [3.05, 3.63) is 20.8 Å². The van der Waals surface area contributed by atoms with Crippen LogP contribution in [0.2, 0.25) is 0 Å². The molecular weight excluding hydrogens is 212 g/mol. The highest BCUT2D eigenvalue weighted by Gasteiger charge is 2.14. The molecule has 0 aromatic carbocycles. The van der Waals surface area contributed by atoms with Gasteiger partial charge in [-0.05, 0) is 6.92 Å². The molecule has 0 unspecified atom stereocenters. The summed E-state index contributed by atoms with van der Waals surface area (Å²) in [4.78, 5) is 29.4. The van der Waals surface area contributed by atoms with E-state index in [2.05, 4.69) is 15.4 Å². The van der Waals surface area contributed by atoms with Crippen molar-refractivity contribution >= 4 is 17.1 Å². The largest absolute Gasteiger partial charge is 0.330 e. The number of imidazole rings is 1. The highest BCUT2D eigenvalue weighted by Crippen LogP contribution is 2.11. The molecule has 8 nitrogen and oxygen atoms in total. The molecule has 0 saturated carbocycles. The lowest BCUT2D eigenvalue weighted by atomic mass is 10.5. The highest BCUT2D eigenvalue weighted by atomic mass is 16.2. The molecule has 0 aliphatic heterocycles. The molecule has 0 aliphatic carbocycles. The summed E-state index contributed by atoms with van der Waals surface area (Å²) in [5.74, 6) is 5.59. The fourth-order valence-electron chi connectivity index (χ4n) is 1.67. The zero-order chi connectivity index (χ0) is 11.9. The number of aryl methyl sites for hydroxylation is 2. The molecule has 0 fully saturated rings. The number of fused-ring (bicyclic) bond motifs is 1. The Morgan fingerprint density at radius 2 is 2.19 bits per heavy atom. The van der Waals surface area contributed by atoms with E-state index in [1.165, 1.54) is 9.13 Å². The van der Waals surface area contributed by atoms with E-state index in [1.54, 1.807) is 14.0 Å². The molecule has 0 saturated heterocycles. The van der Waals surface area contributed by atoms with Crippen LogP contribution in [0, 0.1) is 0 Å². The quantitative estimate of drug-likeness (QED) is 0.435. The minimum absolute atomic E-state index is 0.314. The second-order valence-corrected chi connectivity index (χ2v) is 3.31. The molecule has 0 spiro atoms. The van der Waals surface area contributed by atoms with Crippen LogP contribution >= 0.6 is 0 Å². The zero-order valence-electron chi connectivity index (χ0n) is 8.94. The van der Waals surface area contributed by atoms with Crippen LogP contribution in [0.25, 0.3) is 11.2 Å². The normalized spacial score (nSPS) is 10.9. The van der Waals surface area contributed by atoms with Gasteiger partial charge in [-0.2, -0.15) is 4.98 Å². The third kappa shape index (κ3) is 1.23. The molecule has 2 heterocycles. The zero-order valence-corrected chi connectivity index (χ0v) is 8.94. The Morgan fingerprint density at radius 3 is 2.75 bits per heavy atom. The standard InChI is InChI=1S/C8H12N6O2/c1-3-14-5-4(6(15)11-8(14)16)13(2)7(10-5)12-9/h3,9H2,1-2H3,(H,10,12)(H,11,15,16). The lowest BCUT2D eigenvalue weighted by molar-refractivity contribution is 0.719. The van der Waals surface area contributed by atoms with Crippen molar-refractivity contribution in [3.63, 3.8) is 0 Å². The number of H-pyrrole nitrogens is 1. The van der Waals surface area contributed by atoms with Crippen LogP contribution in [-0.2, 0) is 13.6 Å². The van der Waals surface area contributed by atoms with Crippen molar-refractivity contribution in [2.75, 3.05) is 5.43 Å². The number of nitrogens with one attached hydrogen (secondary N) is 2. The predicted octanol–water partition coefficient (Wildman–Crippen LogP) is -1.27. The second-order valence-electron chi connectivity index (χ2n) is 3.31. The Balaban J connectivity index is 3.03. The third-order valence-electron chi connectivity index (χ3n) is 2.46. The molecule has 2 aromatic rings. The molecule has 0 amide bonds. The van der Waals surface area contributed by atoms with Crippen molar-refractivity contribution in [2.24, 2.45) is 12.9 Å². The summed E-state index contributed by atoms with van der Waals surface area (Å²) in [6, 6.07) is 0. The van der Waals surface area contributed by atoms with Gasteiger partial charge in [0.1, 0.15) is 0 Å². The van der Waals surface area contributed by atoms with Crippen molar-refractivity contribution < 1.29 is 0 Å². The molecule has 0 bridgehead atoms. The van der Waals surface area contributed by atoms with E-state index >= 15 is 0 Å². The first kappa shape index (κ1) is 10.4. The minimum Gasteiger partial charge on any atom is -0.306 e. The number of hydrogen-bond donors (Lipinski definition) is 3. The number of nitrogen functional groups attached to an aromatic ring is 1. The first-order chi connectivity index (χ1) is 7.60. The number of hydrazine groups is 1. The van der Waals surface area contributed by atoms with Gasteiger partial charge in [-0.3, -0.25) is 19.8 Å². The fraction of sp³-hybridized carbons (Fsp3) is 0.375. The van der Waals surface area contributed by atoms with Gasteiger partial charge in [0, 0.05) is 13.6 Å². The summed E-state index contributed by atoms with van der Waals surface area (Å²) in [6.07, 6.45) is 0. The maximum absolute atomic E-state index is 11.6. The third-order valence-corrected chi connectivity index (χ3v) is 2.46. The van der Waals surface area contributed by atoms with Crippen LogP contribution in [0.4, 0.5) is 5.95 Å². The molecule has 4 N–H and O–H groups in total. The van der Waals surface area contributed by atoms with Gasteiger partial charge in [-0.1, -0.05) is 0 Å². The lowest BCUT2D eigenvalue weighted by Crippen LogP contribution is -2.30. The average Bonchev–Trinajstić information content (AvgIpc) is 2.56. The highest BCUT2D eigenvalue weighted by molar-refractivity contribution is 5.73. The van der Waals surface area contributed by atoms with E-state index < -0.39 is 11.2 Å². The van der Waals surface area contributed by atoms with E-state index in [1.807, 2.05) is 0 Å². The molecular formula is C8H12N6O2. The number of nitrogens with zero attached hydrogens (tertiary/aromatic N) is 3. The molecule has 16 heavy (non-hydrogen) atoms. The van der Waals surface area contributed by atoms with Gasteiger partial charge in [0.2, 0.25) is 5.95 Å². The summed E-state index contributed by atoms with van der Waals surface area (Å²) >= 11 is 0. The SMILES string of the molecule is CCn1c(=O)[nH]c(=O)c2c1nc(NN)n2C. The number of aromatic amines is 1. The van der Waals surface area contributed by atoms with Gasteiger partial charge in [0.05, 0.1) is 0 Å². The Morgan fingerprint density at radius 1 is 1.50 bits per heavy atom. The number of nitrogens with two attached hydrogens (primary N) is 1. The molecule has 2 rings (SSSR count). The number of rotatable bonds is 2. The first-order valence-electron chi connectivity index (χ1n) is 4.76. The summed E-state index contributed by atoms with van der Waals surface area (Å²) in [6.45, 7) is 2.22. The summed E-state index contributed by atoms with van der Waals surface area (Å²) < 4.78 is 2.87. The smallest absolute Gasteiger partial charge is 0.306 e. The topological polar surface area (TPSA) is 111 Å². The molecule has 2 aromatic heterocycles. The van der Waals surface area contributed by atoms with Gasteiger partial charge in [0.25, 0.3) is 5.56 Å². The van der Waals surface area contributed by atoms with E-state index in [-0.39, 0.29) is 0 Å². The van der Waals surface area contributed by atoms with Crippen LogP contribution in [0.1, 0.15) is 6.92 Å². The van der Waals surface area contributed by atoms with Crippen molar-refractivity contribution in [3.8, 4) is 0 Å². The van der Waals surface area contributed by atoms with Crippen LogP contribution in [-0.4, -0.2) is 19.1 Å². The van der Waals surface area contributed by atoms with Gasteiger partial charge < -0.3 is 4.57 Å². The van der Waals surface area contributed by atoms with Crippen molar-refractivity contribution in [2.45, 2.75) is 13.5 Å². The van der Waals surface area contributed by atoms with E-state index in [4.69, 9.17) is 5.84 Å². The fourth-order valence-corrected chi connectivity index (χ4v) is 1.67. The Kier molecular flexibility index (Phi) is 2.27. The van der Waals surface area contributed by atoms with E-state index in [0.29, 0.717) is 23.7 Å². The number of hydrogen-bond acceptors (Lipinski definition) is 5. The second kappa shape index (κ2) is 3.49. The van der Waals surface area contributed by atoms with Crippen molar-refractivity contribution in [1.82, 2.24) is 19.1 Å².